The molecule has 0 fully saturated rings. The lowest BCUT2D eigenvalue weighted by Gasteiger charge is -2.26. The second-order valence-electron chi connectivity index (χ2n) is 9.41. The van der Waals surface area contributed by atoms with Crippen molar-refractivity contribution >= 4 is 23.9 Å². The minimum Gasteiger partial charge on any atom is -0.459 e. The predicted octanol–water partition coefficient (Wildman–Crippen LogP) is 0.623. The van der Waals surface area contributed by atoms with E-state index in [0.717, 1.165) is 5.56 Å². The number of aliphatic hydroxyl groups is 2. The molecule has 1 aromatic carbocycles. The van der Waals surface area contributed by atoms with Gasteiger partial charge in [-0.15, -0.1) is 0 Å². The number of hydrogen-bond acceptors (Lipinski definition) is 8. The number of benzene rings is 1. The summed E-state index contributed by atoms with van der Waals surface area (Å²) in [5, 5.41) is 26.3. The first-order valence-electron chi connectivity index (χ1n) is 11.4. The van der Waals surface area contributed by atoms with Gasteiger partial charge in [-0.3, -0.25) is 9.59 Å². The van der Waals surface area contributed by atoms with Gasteiger partial charge in [0.05, 0.1) is 13.2 Å². The lowest BCUT2D eigenvalue weighted by Crippen LogP contribution is -2.58. The van der Waals surface area contributed by atoms with E-state index in [1.165, 1.54) is 0 Å². The predicted molar refractivity (Wildman–Crippen MR) is 127 cm³/mol. The van der Waals surface area contributed by atoms with Gasteiger partial charge < -0.3 is 35.6 Å². The molecule has 0 aromatic heterocycles. The zero-order chi connectivity index (χ0) is 26.6. The summed E-state index contributed by atoms with van der Waals surface area (Å²) in [4.78, 5) is 49.8. The van der Waals surface area contributed by atoms with Gasteiger partial charge in [-0.05, 0) is 38.7 Å². The van der Waals surface area contributed by atoms with Crippen LogP contribution in [0.3, 0.4) is 0 Å². The highest BCUT2D eigenvalue weighted by Crippen LogP contribution is 2.10. The fourth-order valence-corrected chi connectivity index (χ4v) is 2.90. The summed E-state index contributed by atoms with van der Waals surface area (Å²) in [5.41, 5.74) is -0.0525. The van der Waals surface area contributed by atoms with E-state index in [1.807, 2.05) is 13.8 Å². The molecule has 1 aromatic rings. The molecule has 196 valence electrons. The Morgan fingerprint density at radius 3 is 1.91 bits per heavy atom. The second-order valence-corrected chi connectivity index (χ2v) is 9.41. The highest BCUT2D eigenvalue weighted by molar-refractivity contribution is 5.93. The Bertz CT molecular complexity index is 839. The number of nitrogens with one attached hydrogen (secondary N) is 3. The van der Waals surface area contributed by atoms with Crippen LogP contribution in [-0.4, -0.2) is 71.0 Å². The van der Waals surface area contributed by atoms with Gasteiger partial charge in [0.2, 0.25) is 11.8 Å². The van der Waals surface area contributed by atoms with Gasteiger partial charge in [-0.2, -0.15) is 0 Å². The summed E-state index contributed by atoms with van der Waals surface area (Å²) in [6, 6.07) is 4.97. The van der Waals surface area contributed by atoms with Crippen LogP contribution >= 0.6 is 0 Å². The Hall–Kier alpha value is -3.18. The van der Waals surface area contributed by atoms with E-state index in [1.54, 1.807) is 51.1 Å². The van der Waals surface area contributed by atoms with Crippen molar-refractivity contribution in [3.05, 3.63) is 35.9 Å². The summed E-state index contributed by atoms with van der Waals surface area (Å²) < 4.78 is 10.3. The van der Waals surface area contributed by atoms with Crippen LogP contribution in [0.1, 0.15) is 46.6 Å². The first-order chi connectivity index (χ1) is 16.4. The third kappa shape index (κ3) is 11.7. The smallest absolute Gasteiger partial charge is 0.408 e. The summed E-state index contributed by atoms with van der Waals surface area (Å²) in [6.07, 6.45) is -0.555. The number of aliphatic hydroxyl groups excluding tert-OH is 2. The van der Waals surface area contributed by atoms with Crippen molar-refractivity contribution in [1.82, 2.24) is 16.0 Å². The van der Waals surface area contributed by atoms with Crippen molar-refractivity contribution in [3.63, 3.8) is 0 Å². The molecule has 0 aliphatic carbocycles. The molecule has 0 bridgehead atoms. The van der Waals surface area contributed by atoms with Gasteiger partial charge in [0.25, 0.3) is 0 Å². The molecule has 0 aliphatic heterocycles. The molecule has 0 heterocycles. The van der Waals surface area contributed by atoms with Gasteiger partial charge in [0, 0.05) is 0 Å². The van der Waals surface area contributed by atoms with Crippen molar-refractivity contribution in [2.45, 2.75) is 71.4 Å². The Morgan fingerprint density at radius 1 is 0.857 bits per heavy atom. The molecule has 11 heteroatoms. The number of rotatable bonds is 12. The van der Waals surface area contributed by atoms with Gasteiger partial charge in [0.15, 0.2) is 6.04 Å². The molecule has 11 nitrogen and oxygen atoms in total. The van der Waals surface area contributed by atoms with E-state index in [4.69, 9.17) is 9.47 Å². The monoisotopic (exact) mass is 495 g/mol. The Labute approximate surface area is 205 Å². The van der Waals surface area contributed by atoms with E-state index in [-0.39, 0.29) is 18.9 Å². The van der Waals surface area contributed by atoms with Crippen LogP contribution in [0, 0.1) is 5.92 Å². The first kappa shape index (κ1) is 29.9. The van der Waals surface area contributed by atoms with Gasteiger partial charge in [0.1, 0.15) is 24.3 Å². The average Bonchev–Trinajstić information content (AvgIpc) is 2.77. The van der Waals surface area contributed by atoms with Crippen LogP contribution in [-0.2, 0) is 30.5 Å². The Kier molecular flexibility index (Phi) is 12.2. The fraction of sp³-hybridized carbons (Fsp3) is 0.583. The number of esters is 1. The first-order valence-corrected chi connectivity index (χ1v) is 11.4. The van der Waals surface area contributed by atoms with Crippen molar-refractivity contribution in [2.75, 3.05) is 13.2 Å². The average molecular weight is 496 g/mol. The number of hydrogen-bond donors (Lipinski definition) is 5. The standard InChI is InChI=1S/C24H37N3O8/c1-15(2)11-17(27-23(33)35-24(3,4)5)20(30)25-18(12-28)21(31)26-19(13-29)22(32)34-14-16-9-7-6-8-10-16/h6-10,15,17-19,28-29H,11-14H2,1-5H3,(H,25,30)(H,26,31)(H,27,33)/t17-,18-,19-/m0/s1. The molecule has 0 aliphatic rings. The zero-order valence-corrected chi connectivity index (χ0v) is 20.9. The molecule has 0 spiro atoms. The van der Waals surface area contributed by atoms with E-state index in [9.17, 15) is 29.4 Å². The highest BCUT2D eigenvalue weighted by atomic mass is 16.6. The van der Waals surface area contributed by atoms with Gasteiger partial charge in [-0.25, -0.2) is 9.59 Å². The van der Waals surface area contributed by atoms with Crippen molar-refractivity contribution in [1.29, 1.82) is 0 Å². The van der Waals surface area contributed by atoms with Crippen LogP contribution in [0.2, 0.25) is 0 Å². The van der Waals surface area contributed by atoms with Crippen LogP contribution in [0.15, 0.2) is 30.3 Å². The maximum Gasteiger partial charge on any atom is 0.408 e. The van der Waals surface area contributed by atoms with Crippen molar-refractivity contribution in [3.8, 4) is 0 Å². The molecule has 0 saturated heterocycles. The van der Waals surface area contributed by atoms with Gasteiger partial charge in [-0.1, -0.05) is 44.2 Å². The van der Waals surface area contributed by atoms with E-state index in [2.05, 4.69) is 16.0 Å². The number of amides is 3. The number of alkyl carbamates (subject to hydrolysis) is 1. The largest absolute Gasteiger partial charge is 0.459 e. The highest BCUT2D eigenvalue weighted by Gasteiger charge is 2.31. The SMILES string of the molecule is CC(C)C[C@H](NC(=O)OC(C)(C)C)C(=O)N[C@@H](CO)C(=O)N[C@@H](CO)C(=O)OCc1ccccc1. The maximum absolute atomic E-state index is 12.8. The third-order valence-electron chi connectivity index (χ3n) is 4.54. The summed E-state index contributed by atoms with van der Waals surface area (Å²) in [7, 11) is 0. The van der Waals surface area contributed by atoms with Crippen LogP contribution < -0.4 is 16.0 Å². The number of carbonyl (C=O) groups is 4. The topological polar surface area (TPSA) is 163 Å². The molecule has 3 amide bonds. The molecule has 3 atom stereocenters. The number of ether oxygens (including phenoxy) is 2. The normalized spacial score (nSPS) is 13.8. The molecule has 5 N–H and O–H groups in total. The van der Waals surface area contributed by atoms with E-state index < -0.39 is 60.8 Å². The van der Waals surface area contributed by atoms with Crippen molar-refractivity contribution < 1.29 is 38.9 Å². The van der Waals surface area contributed by atoms with Crippen LogP contribution in [0.25, 0.3) is 0 Å². The molecular formula is C24H37N3O8. The van der Waals surface area contributed by atoms with E-state index >= 15 is 0 Å². The number of carbonyl (C=O) groups excluding carboxylic acids is 4. The Balaban J connectivity index is 2.76. The molecule has 0 radical (unpaired) electrons. The second kappa shape index (κ2) is 14.3. The lowest BCUT2D eigenvalue weighted by molar-refractivity contribution is -0.150. The molecule has 35 heavy (non-hydrogen) atoms. The summed E-state index contributed by atoms with van der Waals surface area (Å²) in [5.74, 6) is -2.49. The molecule has 0 saturated carbocycles. The molecule has 1 rings (SSSR count). The summed E-state index contributed by atoms with van der Waals surface area (Å²) >= 11 is 0. The minimum absolute atomic E-state index is 0.0141. The maximum atomic E-state index is 12.8. The minimum atomic E-state index is -1.44. The Morgan fingerprint density at radius 2 is 1.40 bits per heavy atom. The quantitative estimate of drug-likeness (QED) is 0.264. The van der Waals surface area contributed by atoms with Crippen LogP contribution in [0.4, 0.5) is 4.79 Å². The summed E-state index contributed by atoms with van der Waals surface area (Å²) in [6.45, 7) is 7.15. The van der Waals surface area contributed by atoms with Gasteiger partial charge >= 0.3 is 12.1 Å². The van der Waals surface area contributed by atoms with E-state index in [0.29, 0.717) is 0 Å². The molecular weight excluding hydrogens is 458 g/mol. The molecule has 0 unspecified atom stereocenters. The van der Waals surface area contributed by atoms with Crippen molar-refractivity contribution in [2.24, 2.45) is 5.92 Å². The third-order valence-corrected chi connectivity index (χ3v) is 4.54. The zero-order valence-electron chi connectivity index (χ0n) is 20.9. The fourth-order valence-electron chi connectivity index (χ4n) is 2.90. The van der Waals surface area contributed by atoms with Crippen LogP contribution in [0.5, 0.6) is 0 Å². The lowest BCUT2D eigenvalue weighted by atomic mass is 10.0.